The minimum absolute atomic E-state index is 0.419. The molecule has 0 saturated carbocycles. The second-order valence-corrected chi connectivity index (χ2v) is 4.63. The lowest BCUT2D eigenvalue weighted by molar-refractivity contribution is 0.0734. The van der Waals surface area contributed by atoms with Crippen LogP contribution < -0.4 is 14.2 Å². The smallest absolute Gasteiger partial charge is 0.343 e. The van der Waals surface area contributed by atoms with Crippen molar-refractivity contribution in [2.75, 3.05) is 26.9 Å². The summed E-state index contributed by atoms with van der Waals surface area (Å²) in [6, 6.07) is 13.6. The van der Waals surface area contributed by atoms with E-state index in [1.165, 1.54) is 0 Å². The molecular formula is C18H20O5. The van der Waals surface area contributed by atoms with E-state index >= 15 is 0 Å². The molecule has 0 aliphatic carbocycles. The summed E-state index contributed by atoms with van der Waals surface area (Å²) in [7, 11) is 1.57. The first-order valence-corrected chi connectivity index (χ1v) is 7.39. The molecule has 0 N–H and O–H groups in total. The van der Waals surface area contributed by atoms with Crippen LogP contribution in [0, 0.1) is 0 Å². The molecule has 5 heteroatoms. The lowest BCUT2D eigenvalue weighted by Crippen LogP contribution is -2.08. The van der Waals surface area contributed by atoms with Crippen molar-refractivity contribution >= 4 is 5.97 Å². The zero-order chi connectivity index (χ0) is 16.5. The van der Waals surface area contributed by atoms with Crippen molar-refractivity contribution in [3.05, 3.63) is 54.1 Å². The molecular weight excluding hydrogens is 296 g/mol. The van der Waals surface area contributed by atoms with Crippen molar-refractivity contribution in [1.82, 2.24) is 0 Å². The molecule has 0 aliphatic rings. The third-order valence-corrected chi connectivity index (χ3v) is 3.06. The highest BCUT2D eigenvalue weighted by Crippen LogP contribution is 2.19. The van der Waals surface area contributed by atoms with Crippen molar-refractivity contribution in [2.24, 2.45) is 0 Å². The molecule has 0 amide bonds. The van der Waals surface area contributed by atoms with Crippen LogP contribution >= 0.6 is 0 Å². The Hall–Kier alpha value is -2.53. The number of methoxy groups -OCH3 is 1. The Morgan fingerprint density at radius 2 is 1.48 bits per heavy atom. The molecule has 0 spiro atoms. The number of hydrogen-bond acceptors (Lipinski definition) is 5. The van der Waals surface area contributed by atoms with Gasteiger partial charge in [-0.25, -0.2) is 4.79 Å². The van der Waals surface area contributed by atoms with Gasteiger partial charge in [-0.15, -0.1) is 0 Å². The third-order valence-electron chi connectivity index (χ3n) is 3.06. The predicted molar refractivity (Wildman–Crippen MR) is 86.4 cm³/mol. The maximum Gasteiger partial charge on any atom is 0.343 e. The quantitative estimate of drug-likeness (QED) is 0.425. The monoisotopic (exact) mass is 316 g/mol. The van der Waals surface area contributed by atoms with E-state index in [0.29, 0.717) is 42.6 Å². The molecule has 0 aliphatic heterocycles. The van der Waals surface area contributed by atoms with Crippen molar-refractivity contribution in [2.45, 2.75) is 6.92 Å². The molecule has 0 saturated heterocycles. The first kappa shape index (κ1) is 16.8. The molecule has 2 aromatic rings. The molecule has 0 heterocycles. The second kappa shape index (κ2) is 8.80. The Kier molecular flexibility index (Phi) is 6.44. The minimum atomic E-state index is -0.419. The fourth-order valence-electron chi connectivity index (χ4n) is 1.86. The van der Waals surface area contributed by atoms with Crippen molar-refractivity contribution in [3.63, 3.8) is 0 Å². The van der Waals surface area contributed by atoms with E-state index in [1.54, 1.807) is 55.6 Å². The van der Waals surface area contributed by atoms with Crippen LogP contribution in [0.1, 0.15) is 17.3 Å². The predicted octanol–water partition coefficient (Wildman–Crippen LogP) is 3.33. The van der Waals surface area contributed by atoms with Gasteiger partial charge in [-0.2, -0.15) is 0 Å². The van der Waals surface area contributed by atoms with Crippen LogP contribution in [0.25, 0.3) is 0 Å². The third kappa shape index (κ3) is 5.30. The molecule has 0 atom stereocenters. The van der Waals surface area contributed by atoms with Gasteiger partial charge in [0.25, 0.3) is 0 Å². The van der Waals surface area contributed by atoms with Gasteiger partial charge in [0.2, 0.25) is 0 Å². The molecule has 0 fully saturated rings. The second-order valence-electron chi connectivity index (χ2n) is 4.63. The van der Waals surface area contributed by atoms with Crippen LogP contribution in [0.5, 0.6) is 17.2 Å². The maximum absolute atomic E-state index is 12.0. The minimum Gasteiger partial charge on any atom is -0.497 e. The zero-order valence-corrected chi connectivity index (χ0v) is 13.3. The number of rotatable bonds is 8. The summed E-state index contributed by atoms with van der Waals surface area (Å²) in [6.07, 6.45) is 0. The SMILES string of the molecule is CCOCCOc1ccc(OC(=O)c2ccc(OC)cc2)cc1. The summed E-state index contributed by atoms with van der Waals surface area (Å²) in [4.78, 5) is 12.0. The zero-order valence-electron chi connectivity index (χ0n) is 13.3. The average molecular weight is 316 g/mol. The Labute approximate surface area is 135 Å². The van der Waals surface area contributed by atoms with E-state index in [0.717, 1.165) is 0 Å². The van der Waals surface area contributed by atoms with Crippen LogP contribution in [0.15, 0.2) is 48.5 Å². The fourth-order valence-corrected chi connectivity index (χ4v) is 1.86. The number of benzene rings is 2. The Morgan fingerprint density at radius 1 is 0.870 bits per heavy atom. The first-order valence-electron chi connectivity index (χ1n) is 7.39. The first-order chi connectivity index (χ1) is 11.2. The number of carbonyl (C=O) groups excluding carboxylic acids is 1. The van der Waals surface area contributed by atoms with Gasteiger partial charge in [-0.05, 0) is 55.5 Å². The van der Waals surface area contributed by atoms with Gasteiger partial charge in [0, 0.05) is 6.61 Å². The van der Waals surface area contributed by atoms with Crippen LogP contribution in [0.3, 0.4) is 0 Å². The highest BCUT2D eigenvalue weighted by Gasteiger charge is 2.08. The van der Waals surface area contributed by atoms with E-state index < -0.39 is 5.97 Å². The lowest BCUT2D eigenvalue weighted by Gasteiger charge is -2.08. The van der Waals surface area contributed by atoms with Crippen LogP contribution in [-0.2, 0) is 4.74 Å². The Bertz CT molecular complexity index is 604. The summed E-state index contributed by atoms with van der Waals surface area (Å²) < 4.78 is 21.1. The van der Waals surface area contributed by atoms with E-state index in [2.05, 4.69) is 0 Å². The molecule has 0 bridgehead atoms. The van der Waals surface area contributed by atoms with Gasteiger partial charge >= 0.3 is 5.97 Å². The van der Waals surface area contributed by atoms with Gasteiger partial charge in [-0.1, -0.05) is 0 Å². The molecule has 5 nitrogen and oxygen atoms in total. The summed E-state index contributed by atoms with van der Waals surface area (Å²) >= 11 is 0. The number of esters is 1. The normalized spacial score (nSPS) is 10.2. The fraction of sp³-hybridized carbons (Fsp3) is 0.278. The van der Waals surface area contributed by atoms with Gasteiger partial charge in [0.1, 0.15) is 23.9 Å². The Morgan fingerprint density at radius 3 is 2.09 bits per heavy atom. The van der Waals surface area contributed by atoms with Crippen molar-refractivity contribution in [3.8, 4) is 17.2 Å². The van der Waals surface area contributed by atoms with E-state index in [1.807, 2.05) is 6.92 Å². The summed E-state index contributed by atoms with van der Waals surface area (Å²) in [6.45, 7) is 3.64. The molecule has 2 rings (SSSR count). The lowest BCUT2D eigenvalue weighted by atomic mass is 10.2. The van der Waals surface area contributed by atoms with E-state index in [9.17, 15) is 4.79 Å². The van der Waals surface area contributed by atoms with E-state index in [4.69, 9.17) is 18.9 Å². The summed E-state index contributed by atoms with van der Waals surface area (Å²) in [5.41, 5.74) is 0.461. The van der Waals surface area contributed by atoms with Gasteiger partial charge in [0.15, 0.2) is 0 Å². The van der Waals surface area contributed by atoms with Crippen molar-refractivity contribution in [1.29, 1.82) is 0 Å². The highest BCUT2D eigenvalue weighted by molar-refractivity contribution is 5.91. The van der Waals surface area contributed by atoms with Gasteiger partial charge in [0.05, 0.1) is 19.3 Å². The topological polar surface area (TPSA) is 54.0 Å². The van der Waals surface area contributed by atoms with Gasteiger partial charge in [-0.3, -0.25) is 0 Å². The average Bonchev–Trinajstić information content (AvgIpc) is 2.60. The highest BCUT2D eigenvalue weighted by atomic mass is 16.5. The number of hydrogen-bond donors (Lipinski definition) is 0. The summed E-state index contributed by atoms with van der Waals surface area (Å²) in [5.74, 6) is 1.43. The summed E-state index contributed by atoms with van der Waals surface area (Å²) in [5, 5.41) is 0. The largest absolute Gasteiger partial charge is 0.497 e. The Balaban J connectivity index is 1.88. The van der Waals surface area contributed by atoms with Crippen LogP contribution in [0.2, 0.25) is 0 Å². The molecule has 23 heavy (non-hydrogen) atoms. The number of carbonyl (C=O) groups is 1. The van der Waals surface area contributed by atoms with Crippen LogP contribution in [0.4, 0.5) is 0 Å². The van der Waals surface area contributed by atoms with Crippen LogP contribution in [-0.4, -0.2) is 32.9 Å². The number of ether oxygens (including phenoxy) is 4. The molecule has 122 valence electrons. The molecule has 2 aromatic carbocycles. The van der Waals surface area contributed by atoms with Crippen molar-refractivity contribution < 1.29 is 23.7 Å². The standard InChI is InChI=1S/C18H20O5/c1-3-21-12-13-22-16-8-10-17(11-9-16)23-18(19)14-4-6-15(20-2)7-5-14/h4-11H,3,12-13H2,1-2H3. The van der Waals surface area contributed by atoms with E-state index in [-0.39, 0.29) is 0 Å². The molecule has 0 radical (unpaired) electrons. The molecule has 0 unspecified atom stereocenters. The molecule has 0 aromatic heterocycles. The van der Waals surface area contributed by atoms with Gasteiger partial charge < -0.3 is 18.9 Å². The maximum atomic E-state index is 12.0.